The second-order valence-corrected chi connectivity index (χ2v) is 4.15. The highest BCUT2D eigenvalue weighted by molar-refractivity contribution is 5.49. The fourth-order valence-corrected chi connectivity index (χ4v) is 1.46. The Morgan fingerprint density at radius 1 is 1.38 bits per heavy atom. The molecule has 0 aliphatic heterocycles. The number of anilines is 1. The van der Waals surface area contributed by atoms with Crippen LogP contribution in [0.4, 0.5) is 5.69 Å². The van der Waals surface area contributed by atoms with Crippen molar-refractivity contribution in [2.24, 2.45) is 0 Å². The van der Waals surface area contributed by atoms with Gasteiger partial charge in [-0.15, -0.1) is 0 Å². The monoisotopic (exact) mass is 223 g/mol. The van der Waals surface area contributed by atoms with Crippen LogP contribution in [0.15, 0.2) is 24.3 Å². The van der Waals surface area contributed by atoms with Gasteiger partial charge >= 0.3 is 0 Å². The minimum absolute atomic E-state index is 0.366. The molecule has 0 saturated heterocycles. The zero-order valence-corrected chi connectivity index (χ0v) is 10.3. The summed E-state index contributed by atoms with van der Waals surface area (Å²) in [6, 6.07) is 7.86. The highest BCUT2D eigenvalue weighted by Crippen LogP contribution is 2.19. The molecule has 1 aromatic rings. The summed E-state index contributed by atoms with van der Waals surface area (Å²) in [7, 11) is 3.98. The van der Waals surface area contributed by atoms with E-state index in [0.717, 1.165) is 24.3 Å². The largest absolute Gasteiger partial charge is 0.491 e. The van der Waals surface area contributed by atoms with Crippen LogP contribution in [0, 0.1) is 0 Å². The van der Waals surface area contributed by atoms with Gasteiger partial charge in [-0.25, -0.2) is 0 Å². The molecule has 16 heavy (non-hydrogen) atoms. The Morgan fingerprint density at radius 3 is 2.75 bits per heavy atom. The van der Waals surface area contributed by atoms with E-state index in [4.69, 9.17) is 4.74 Å². The van der Waals surface area contributed by atoms with Crippen LogP contribution in [0.1, 0.15) is 19.8 Å². The lowest BCUT2D eigenvalue weighted by molar-refractivity contribution is 0.0994. The van der Waals surface area contributed by atoms with Gasteiger partial charge in [0.1, 0.15) is 12.4 Å². The predicted molar refractivity (Wildman–Crippen MR) is 67.2 cm³/mol. The van der Waals surface area contributed by atoms with E-state index in [0.29, 0.717) is 6.61 Å². The van der Waals surface area contributed by atoms with Crippen LogP contribution < -0.4 is 9.64 Å². The summed E-state index contributed by atoms with van der Waals surface area (Å²) < 4.78 is 5.53. The third kappa shape index (κ3) is 4.11. The van der Waals surface area contributed by atoms with E-state index < -0.39 is 0 Å². The molecule has 0 heterocycles. The number of aliphatic hydroxyl groups is 1. The number of nitrogens with zero attached hydrogens (tertiary/aromatic N) is 1. The maximum absolute atomic E-state index is 9.55. The van der Waals surface area contributed by atoms with Gasteiger partial charge in [0.05, 0.1) is 6.10 Å². The molecule has 0 spiro atoms. The van der Waals surface area contributed by atoms with E-state index >= 15 is 0 Å². The van der Waals surface area contributed by atoms with Crippen molar-refractivity contribution in [3.63, 3.8) is 0 Å². The summed E-state index contributed by atoms with van der Waals surface area (Å²) in [6.45, 7) is 2.42. The van der Waals surface area contributed by atoms with Gasteiger partial charge in [-0.1, -0.05) is 19.4 Å². The van der Waals surface area contributed by atoms with Gasteiger partial charge in [0, 0.05) is 25.8 Å². The highest BCUT2D eigenvalue weighted by atomic mass is 16.5. The quantitative estimate of drug-likeness (QED) is 0.803. The van der Waals surface area contributed by atoms with E-state index in [1.807, 2.05) is 43.3 Å². The fraction of sp³-hybridized carbons (Fsp3) is 0.538. The zero-order valence-electron chi connectivity index (χ0n) is 10.3. The first-order valence-corrected chi connectivity index (χ1v) is 5.71. The molecule has 0 saturated carbocycles. The van der Waals surface area contributed by atoms with Crippen LogP contribution in [-0.2, 0) is 0 Å². The molecule has 0 aliphatic carbocycles. The number of hydrogen-bond acceptors (Lipinski definition) is 3. The first-order chi connectivity index (χ1) is 7.63. The van der Waals surface area contributed by atoms with E-state index in [2.05, 4.69) is 6.92 Å². The number of hydrogen-bond donors (Lipinski definition) is 1. The first-order valence-electron chi connectivity index (χ1n) is 5.71. The van der Waals surface area contributed by atoms with Gasteiger partial charge in [0.15, 0.2) is 0 Å². The molecule has 0 radical (unpaired) electrons. The number of ether oxygens (including phenoxy) is 1. The summed E-state index contributed by atoms with van der Waals surface area (Å²) in [5.74, 6) is 0.807. The van der Waals surface area contributed by atoms with Crippen LogP contribution in [0.2, 0.25) is 0 Å². The molecular weight excluding hydrogens is 202 g/mol. The summed E-state index contributed by atoms with van der Waals surface area (Å²) in [4.78, 5) is 2.02. The topological polar surface area (TPSA) is 32.7 Å². The van der Waals surface area contributed by atoms with Crippen molar-refractivity contribution in [3.05, 3.63) is 24.3 Å². The Hall–Kier alpha value is -1.22. The minimum Gasteiger partial charge on any atom is -0.491 e. The van der Waals surface area contributed by atoms with Gasteiger partial charge in [0.2, 0.25) is 0 Å². The van der Waals surface area contributed by atoms with Gasteiger partial charge in [-0.05, 0) is 18.6 Å². The van der Waals surface area contributed by atoms with Gasteiger partial charge < -0.3 is 14.7 Å². The Kier molecular flexibility index (Phi) is 5.12. The van der Waals surface area contributed by atoms with Gasteiger partial charge in [-0.2, -0.15) is 0 Å². The molecule has 3 heteroatoms. The van der Waals surface area contributed by atoms with Crippen molar-refractivity contribution in [2.75, 3.05) is 25.6 Å². The molecule has 1 atom stereocenters. The van der Waals surface area contributed by atoms with Crippen molar-refractivity contribution in [2.45, 2.75) is 25.9 Å². The van der Waals surface area contributed by atoms with E-state index in [1.54, 1.807) is 0 Å². The molecular formula is C13H21NO2. The molecule has 1 rings (SSSR count). The average Bonchev–Trinajstić information content (AvgIpc) is 2.27. The van der Waals surface area contributed by atoms with Gasteiger partial charge in [0.25, 0.3) is 0 Å². The first kappa shape index (κ1) is 12.8. The molecule has 1 aromatic carbocycles. The molecule has 1 N–H and O–H groups in total. The Bertz CT molecular complexity index is 313. The second kappa shape index (κ2) is 6.38. The molecule has 90 valence electrons. The normalized spacial score (nSPS) is 12.2. The average molecular weight is 223 g/mol. The highest BCUT2D eigenvalue weighted by Gasteiger charge is 2.04. The summed E-state index contributed by atoms with van der Waals surface area (Å²) in [5.41, 5.74) is 1.10. The van der Waals surface area contributed by atoms with Crippen LogP contribution in [0.3, 0.4) is 0 Å². The van der Waals surface area contributed by atoms with Crippen molar-refractivity contribution >= 4 is 5.69 Å². The van der Waals surface area contributed by atoms with Gasteiger partial charge in [-0.3, -0.25) is 0 Å². The third-order valence-electron chi connectivity index (χ3n) is 2.40. The number of rotatable bonds is 6. The van der Waals surface area contributed by atoms with Crippen LogP contribution in [0.5, 0.6) is 5.75 Å². The SMILES string of the molecule is CCCC(O)COc1cccc(N(C)C)c1. The zero-order chi connectivity index (χ0) is 12.0. The second-order valence-electron chi connectivity index (χ2n) is 4.15. The van der Waals surface area contributed by atoms with E-state index in [9.17, 15) is 5.11 Å². The Morgan fingerprint density at radius 2 is 2.12 bits per heavy atom. The Balaban J connectivity index is 2.50. The number of aliphatic hydroxyl groups excluding tert-OH is 1. The molecule has 0 bridgehead atoms. The van der Waals surface area contributed by atoms with E-state index in [-0.39, 0.29) is 6.10 Å². The number of benzene rings is 1. The molecule has 0 aromatic heterocycles. The molecule has 3 nitrogen and oxygen atoms in total. The maximum Gasteiger partial charge on any atom is 0.121 e. The molecule has 0 aliphatic rings. The lowest BCUT2D eigenvalue weighted by atomic mass is 10.2. The summed E-state index contributed by atoms with van der Waals surface area (Å²) >= 11 is 0. The fourth-order valence-electron chi connectivity index (χ4n) is 1.46. The third-order valence-corrected chi connectivity index (χ3v) is 2.40. The van der Waals surface area contributed by atoms with Crippen molar-refractivity contribution < 1.29 is 9.84 Å². The Labute approximate surface area is 97.7 Å². The van der Waals surface area contributed by atoms with Crippen LogP contribution in [-0.4, -0.2) is 31.9 Å². The molecule has 1 unspecified atom stereocenters. The van der Waals surface area contributed by atoms with E-state index in [1.165, 1.54) is 0 Å². The predicted octanol–water partition coefficient (Wildman–Crippen LogP) is 2.29. The summed E-state index contributed by atoms with van der Waals surface area (Å²) in [5, 5.41) is 9.55. The smallest absolute Gasteiger partial charge is 0.121 e. The van der Waals surface area contributed by atoms with Crippen molar-refractivity contribution in [3.8, 4) is 5.75 Å². The van der Waals surface area contributed by atoms with Crippen LogP contribution >= 0.6 is 0 Å². The maximum atomic E-state index is 9.55. The van der Waals surface area contributed by atoms with Crippen LogP contribution in [0.25, 0.3) is 0 Å². The van der Waals surface area contributed by atoms with Crippen molar-refractivity contribution in [1.82, 2.24) is 0 Å². The standard InChI is InChI=1S/C13H21NO2/c1-4-6-12(15)10-16-13-8-5-7-11(9-13)14(2)3/h5,7-9,12,15H,4,6,10H2,1-3H3. The molecule has 0 fully saturated rings. The molecule has 0 amide bonds. The lowest BCUT2D eigenvalue weighted by Gasteiger charge is -2.15. The lowest BCUT2D eigenvalue weighted by Crippen LogP contribution is -2.17. The minimum atomic E-state index is -0.368. The van der Waals surface area contributed by atoms with Crippen molar-refractivity contribution in [1.29, 1.82) is 0 Å². The summed E-state index contributed by atoms with van der Waals surface area (Å²) in [6.07, 6.45) is 1.39.